The molecule has 2 N–H and O–H groups in total. The van der Waals surface area contributed by atoms with Gasteiger partial charge in [-0.15, -0.1) is 0 Å². The molecule has 136 valence electrons. The minimum Gasteiger partial charge on any atom is -0.330 e. The summed E-state index contributed by atoms with van der Waals surface area (Å²) in [6.45, 7) is 2.91. The SMILES string of the molecule is CN(CCCN)CCCN1C(=O)c2ccc3c4c(ccc(c24)C1=O)CC3. The van der Waals surface area contributed by atoms with Crippen LogP contribution in [0.4, 0.5) is 0 Å². The third-order valence-electron chi connectivity index (χ3n) is 5.61. The van der Waals surface area contributed by atoms with Crippen molar-refractivity contribution >= 4 is 22.6 Å². The van der Waals surface area contributed by atoms with Gasteiger partial charge < -0.3 is 10.6 Å². The fraction of sp³-hybridized carbons (Fsp3) is 0.429. The van der Waals surface area contributed by atoms with E-state index >= 15 is 0 Å². The first-order valence-electron chi connectivity index (χ1n) is 9.44. The summed E-state index contributed by atoms with van der Waals surface area (Å²) in [4.78, 5) is 29.6. The Morgan fingerprint density at radius 3 is 2.08 bits per heavy atom. The van der Waals surface area contributed by atoms with Gasteiger partial charge in [-0.05, 0) is 81.0 Å². The van der Waals surface area contributed by atoms with Gasteiger partial charge in [-0.2, -0.15) is 0 Å². The van der Waals surface area contributed by atoms with E-state index in [1.807, 2.05) is 19.2 Å². The smallest absolute Gasteiger partial charge is 0.261 e. The predicted molar refractivity (Wildman–Crippen MR) is 103 cm³/mol. The molecule has 0 saturated carbocycles. The van der Waals surface area contributed by atoms with Crippen molar-refractivity contribution < 1.29 is 9.59 Å². The molecule has 2 aliphatic rings. The molecule has 5 nitrogen and oxygen atoms in total. The van der Waals surface area contributed by atoms with Crippen molar-refractivity contribution in [2.75, 3.05) is 33.2 Å². The van der Waals surface area contributed by atoms with E-state index in [2.05, 4.69) is 17.0 Å². The van der Waals surface area contributed by atoms with Gasteiger partial charge in [0.25, 0.3) is 11.8 Å². The standard InChI is InChI=1S/C21H25N3O2/c1-23(11-2-10-22)12-3-13-24-20(25)16-8-6-14-4-5-15-7-9-17(21(24)26)19(16)18(14)15/h6-9H,2-5,10-13,22H2,1H3. The first kappa shape index (κ1) is 17.2. The molecule has 0 saturated heterocycles. The number of imide groups is 1. The third kappa shape index (κ3) is 2.72. The number of rotatable bonds is 7. The van der Waals surface area contributed by atoms with Gasteiger partial charge in [0.1, 0.15) is 0 Å². The Bertz CT molecular complexity index is 832. The summed E-state index contributed by atoms with van der Waals surface area (Å²) in [7, 11) is 2.05. The van der Waals surface area contributed by atoms with Crippen molar-refractivity contribution in [3.63, 3.8) is 0 Å². The number of nitrogens with two attached hydrogens (primary N) is 1. The maximum absolute atomic E-state index is 13.0. The van der Waals surface area contributed by atoms with Gasteiger partial charge in [0.15, 0.2) is 0 Å². The maximum atomic E-state index is 13.0. The van der Waals surface area contributed by atoms with E-state index in [0.717, 1.165) is 49.5 Å². The van der Waals surface area contributed by atoms with Crippen LogP contribution in [0.15, 0.2) is 24.3 Å². The largest absolute Gasteiger partial charge is 0.330 e. The quantitative estimate of drug-likeness (QED) is 0.777. The van der Waals surface area contributed by atoms with Crippen molar-refractivity contribution in [3.8, 4) is 0 Å². The van der Waals surface area contributed by atoms with Crippen molar-refractivity contribution in [1.29, 1.82) is 0 Å². The fourth-order valence-corrected chi connectivity index (χ4v) is 4.24. The summed E-state index contributed by atoms with van der Waals surface area (Å²) in [5.74, 6) is -0.301. The van der Waals surface area contributed by atoms with E-state index in [1.54, 1.807) is 0 Å². The number of amides is 2. The van der Waals surface area contributed by atoms with Crippen LogP contribution in [-0.2, 0) is 12.8 Å². The zero-order valence-corrected chi connectivity index (χ0v) is 15.3. The molecular weight excluding hydrogens is 326 g/mol. The van der Waals surface area contributed by atoms with E-state index in [4.69, 9.17) is 5.73 Å². The molecule has 0 spiro atoms. The van der Waals surface area contributed by atoms with Crippen LogP contribution in [0.2, 0.25) is 0 Å². The highest BCUT2D eigenvalue weighted by Gasteiger charge is 2.34. The summed E-state index contributed by atoms with van der Waals surface area (Å²) in [6, 6.07) is 7.94. The Morgan fingerprint density at radius 1 is 0.923 bits per heavy atom. The molecule has 0 unspecified atom stereocenters. The normalized spacial score (nSPS) is 15.6. The van der Waals surface area contributed by atoms with E-state index in [0.29, 0.717) is 24.2 Å². The Morgan fingerprint density at radius 2 is 1.50 bits per heavy atom. The van der Waals surface area contributed by atoms with Crippen LogP contribution in [0.1, 0.15) is 44.7 Å². The molecule has 2 aromatic rings. The average Bonchev–Trinajstić information content (AvgIpc) is 3.07. The van der Waals surface area contributed by atoms with Gasteiger partial charge >= 0.3 is 0 Å². The number of hydrogen-bond acceptors (Lipinski definition) is 4. The summed E-state index contributed by atoms with van der Waals surface area (Å²) < 4.78 is 0. The summed E-state index contributed by atoms with van der Waals surface area (Å²) in [6.07, 6.45) is 3.72. The highest BCUT2D eigenvalue weighted by molar-refractivity contribution is 6.26. The molecule has 0 atom stereocenters. The molecule has 1 aliphatic heterocycles. The number of hydrogen-bond donors (Lipinski definition) is 1. The van der Waals surface area contributed by atoms with Crippen molar-refractivity contribution in [2.45, 2.75) is 25.7 Å². The lowest BCUT2D eigenvalue weighted by atomic mass is 9.91. The van der Waals surface area contributed by atoms with Gasteiger partial charge in [0, 0.05) is 23.1 Å². The fourth-order valence-electron chi connectivity index (χ4n) is 4.24. The maximum Gasteiger partial charge on any atom is 0.261 e. The highest BCUT2D eigenvalue weighted by atomic mass is 16.2. The van der Waals surface area contributed by atoms with E-state index in [9.17, 15) is 9.59 Å². The minimum absolute atomic E-state index is 0.150. The van der Waals surface area contributed by atoms with Gasteiger partial charge in [-0.1, -0.05) is 12.1 Å². The lowest BCUT2D eigenvalue weighted by molar-refractivity contribution is 0.0605. The molecule has 0 bridgehead atoms. The Hall–Kier alpha value is -2.24. The van der Waals surface area contributed by atoms with Crippen LogP contribution in [0, 0.1) is 0 Å². The second kappa shape index (κ2) is 6.82. The van der Waals surface area contributed by atoms with Crippen molar-refractivity contribution in [1.82, 2.24) is 9.80 Å². The van der Waals surface area contributed by atoms with Crippen LogP contribution < -0.4 is 5.73 Å². The number of carbonyl (C=O) groups is 2. The van der Waals surface area contributed by atoms with Crippen LogP contribution in [0.3, 0.4) is 0 Å². The zero-order valence-electron chi connectivity index (χ0n) is 15.3. The number of carbonyl (C=O) groups excluding carboxylic acids is 2. The molecule has 4 rings (SSSR count). The Balaban J connectivity index is 1.57. The number of nitrogens with zero attached hydrogens (tertiary/aromatic N) is 2. The van der Waals surface area contributed by atoms with E-state index in [-0.39, 0.29) is 11.8 Å². The molecule has 1 heterocycles. The first-order valence-corrected chi connectivity index (χ1v) is 9.44. The van der Waals surface area contributed by atoms with E-state index < -0.39 is 0 Å². The monoisotopic (exact) mass is 351 g/mol. The lowest BCUT2D eigenvalue weighted by Gasteiger charge is -2.28. The first-order chi connectivity index (χ1) is 12.6. The third-order valence-corrected chi connectivity index (χ3v) is 5.61. The summed E-state index contributed by atoms with van der Waals surface area (Å²) in [5, 5.41) is 2.02. The molecule has 0 fully saturated rings. The molecule has 2 aromatic carbocycles. The number of aryl methyl sites for hydroxylation is 2. The van der Waals surface area contributed by atoms with Crippen LogP contribution in [-0.4, -0.2) is 54.8 Å². The van der Waals surface area contributed by atoms with Crippen LogP contribution in [0.25, 0.3) is 10.8 Å². The van der Waals surface area contributed by atoms with Crippen molar-refractivity contribution in [2.24, 2.45) is 5.73 Å². The van der Waals surface area contributed by atoms with Crippen molar-refractivity contribution in [3.05, 3.63) is 46.5 Å². The van der Waals surface area contributed by atoms with E-state index in [1.165, 1.54) is 16.0 Å². The lowest BCUT2D eigenvalue weighted by Crippen LogP contribution is -2.41. The zero-order chi connectivity index (χ0) is 18.3. The summed E-state index contributed by atoms with van der Waals surface area (Å²) >= 11 is 0. The Labute approximate surface area is 153 Å². The van der Waals surface area contributed by atoms with Crippen LogP contribution >= 0.6 is 0 Å². The van der Waals surface area contributed by atoms with Crippen LogP contribution in [0.5, 0.6) is 0 Å². The van der Waals surface area contributed by atoms with Gasteiger partial charge in [-0.25, -0.2) is 0 Å². The van der Waals surface area contributed by atoms with Gasteiger partial charge in [0.2, 0.25) is 0 Å². The van der Waals surface area contributed by atoms with Gasteiger partial charge in [0.05, 0.1) is 0 Å². The predicted octanol–water partition coefficient (Wildman–Crippen LogP) is 2.21. The molecule has 2 amide bonds. The molecular formula is C21H25N3O2. The molecule has 0 aromatic heterocycles. The Kier molecular flexibility index (Phi) is 4.51. The minimum atomic E-state index is -0.150. The second-order valence-electron chi connectivity index (χ2n) is 7.36. The topological polar surface area (TPSA) is 66.6 Å². The highest BCUT2D eigenvalue weighted by Crippen LogP contribution is 2.38. The van der Waals surface area contributed by atoms with Gasteiger partial charge in [-0.3, -0.25) is 14.5 Å². The summed E-state index contributed by atoms with van der Waals surface area (Å²) in [5.41, 5.74) is 9.42. The molecule has 26 heavy (non-hydrogen) atoms. The molecule has 0 radical (unpaired) electrons. The number of benzene rings is 2. The molecule has 5 heteroatoms. The second-order valence-corrected chi connectivity index (χ2v) is 7.36. The average molecular weight is 351 g/mol. The molecule has 1 aliphatic carbocycles.